The van der Waals surface area contributed by atoms with Crippen LogP contribution in [0.3, 0.4) is 0 Å². The normalized spacial score (nSPS) is 18.6. The van der Waals surface area contributed by atoms with E-state index >= 15 is 0 Å². The van der Waals surface area contributed by atoms with Gasteiger partial charge >= 0.3 is 0 Å². The summed E-state index contributed by atoms with van der Waals surface area (Å²) >= 11 is 0. The highest BCUT2D eigenvalue weighted by molar-refractivity contribution is 5.41. The first kappa shape index (κ1) is 9.52. The molecule has 0 unspecified atom stereocenters. The Kier molecular flexibility index (Phi) is 2.72. The fraction of sp³-hybridized carbons (Fsp3) is 0.700. The molecular formula is C10H17N3O. The molecule has 4 nitrogen and oxygen atoms in total. The van der Waals surface area contributed by atoms with Gasteiger partial charge in [0.1, 0.15) is 0 Å². The molecule has 0 radical (unpaired) electrons. The Balaban J connectivity index is 2.21. The maximum Gasteiger partial charge on any atom is 0.0733 e. The van der Waals surface area contributed by atoms with Crippen LogP contribution in [0.15, 0.2) is 6.20 Å². The van der Waals surface area contributed by atoms with E-state index < -0.39 is 0 Å². The summed E-state index contributed by atoms with van der Waals surface area (Å²) in [5.74, 6) is 0. The maximum absolute atomic E-state index is 5.84. The van der Waals surface area contributed by atoms with E-state index in [2.05, 4.69) is 16.7 Å². The molecule has 2 N–H and O–H groups in total. The number of hydrogen-bond acceptors (Lipinski definition) is 3. The van der Waals surface area contributed by atoms with Crippen molar-refractivity contribution in [2.24, 2.45) is 0 Å². The van der Waals surface area contributed by atoms with Gasteiger partial charge < -0.3 is 10.5 Å². The van der Waals surface area contributed by atoms with Crippen LogP contribution in [0.2, 0.25) is 0 Å². The number of nitrogens with two attached hydrogens (primary N) is 1. The molecule has 1 fully saturated rings. The van der Waals surface area contributed by atoms with Gasteiger partial charge in [0.15, 0.2) is 0 Å². The minimum atomic E-state index is 0.482. The standard InChI is InChI=1S/C10H17N3O/c1-2-10-9(11)7-12-13(10)8-3-5-14-6-4-8/h7-8H,2-6,11H2,1H3. The van der Waals surface area contributed by atoms with Gasteiger partial charge in [-0.3, -0.25) is 4.68 Å². The van der Waals surface area contributed by atoms with Crippen molar-refractivity contribution in [3.63, 3.8) is 0 Å². The Morgan fingerprint density at radius 1 is 1.57 bits per heavy atom. The van der Waals surface area contributed by atoms with E-state index in [1.54, 1.807) is 6.20 Å². The monoisotopic (exact) mass is 195 g/mol. The predicted octanol–water partition coefficient (Wildman–Crippen LogP) is 1.38. The zero-order valence-electron chi connectivity index (χ0n) is 8.57. The van der Waals surface area contributed by atoms with Crippen LogP contribution in [0.4, 0.5) is 5.69 Å². The maximum atomic E-state index is 5.84. The smallest absolute Gasteiger partial charge is 0.0733 e. The van der Waals surface area contributed by atoms with E-state index in [1.165, 1.54) is 0 Å². The molecule has 4 heteroatoms. The topological polar surface area (TPSA) is 53.1 Å². The first-order chi connectivity index (χ1) is 6.83. The number of hydrogen-bond donors (Lipinski definition) is 1. The molecular weight excluding hydrogens is 178 g/mol. The third-order valence-corrected chi connectivity index (χ3v) is 2.80. The lowest BCUT2D eigenvalue weighted by atomic mass is 10.1. The molecule has 14 heavy (non-hydrogen) atoms. The molecule has 0 saturated carbocycles. The van der Waals surface area contributed by atoms with Crippen LogP contribution in [0.1, 0.15) is 31.5 Å². The Hall–Kier alpha value is -1.03. The predicted molar refractivity (Wildman–Crippen MR) is 55.1 cm³/mol. The van der Waals surface area contributed by atoms with Crippen LogP contribution in [-0.4, -0.2) is 23.0 Å². The molecule has 0 atom stereocenters. The van der Waals surface area contributed by atoms with Crippen LogP contribution in [0.25, 0.3) is 0 Å². The summed E-state index contributed by atoms with van der Waals surface area (Å²) in [6.45, 7) is 3.80. The zero-order valence-corrected chi connectivity index (χ0v) is 8.57. The highest BCUT2D eigenvalue weighted by Crippen LogP contribution is 2.24. The molecule has 1 aromatic heterocycles. The minimum Gasteiger partial charge on any atom is -0.396 e. The number of rotatable bonds is 2. The van der Waals surface area contributed by atoms with Gasteiger partial charge in [0.2, 0.25) is 0 Å². The van der Waals surface area contributed by atoms with Gasteiger partial charge in [0.25, 0.3) is 0 Å². The largest absolute Gasteiger partial charge is 0.396 e. The van der Waals surface area contributed by atoms with E-state index in [0.29, 0.717) is 6.04 Å². The highest BCUT2D eigenvalue weighted by Gasteiger charge is 2.19. The number of ether oxygens (including phenoxy) is 1. The highest BCUT2D eigenvalue weighted by atomic mass is 16.5. The number of nitrogen functional groups attached to an aromatic ring is 1. The summed E-state index contributed by atoms with van der Waals surface area (Å²) in [5, 5.41) is 4.35. The summed E-state index contributed by atoms with van der Waals surface area (Å²) < 4.78 is 7.41. The number of anilines is 1. The number of nitrogens with zero attached hydrogens (tertiary/aromatic N) is 2. The molecule has 1 aliphatic heterocycles. The summed E-state index contributed by atoms with van der Waals surface area (Å²) in [4.78, 5) is 0. The third-order valence-electron chi connectivity index (χ3n) is 2.80. The zero-order chi connectivity index (χ0) is 9.97. The lowest BCUT2D eigenvalue weighted by molar-refractivity contribution is 0.0655. The Morgan fingerprint density at radius 3 is 2.93 bits per heavy atom. The SMILES string of the molecule is CCc1c(N)cnn1C1CCOCC1. The fourth-order valence-corrected chi connectivity index (χ4v) is 2.01. The van der Waals surface area contributed by atoms with E-state index in [1.807, 2.05) is 0 Å². The molecule has 0 spiro atoms. The molecule has 1 aromatic rings. The quantitative estimate of drug-likeness (QED) is 0.775. The summed E-state index contributed by atoms with van der Waals surface area (Å²) in [5.41, 5.74) is 7.83. The molecule has 2 heterocycles. The van der Waals surface area contributed by atoms with Crippen molar-refractivity contribution < 1.29 is 4.74 Å². The second-order valence-electron chi connectivity index (χ2n) is 3.69. The van der Waals surface area contributed by atoms with E-state index in [9.17, 15) is 0 Å². The molecule has 78 valence electrons. The fourth-order valence-electron chi connectivity index (χ4n) is 2.01. The van der Waals surface area contributed by atoms with Gasteiger partial charge in [0.05, 0.1) is 23.6 Å². The molecule has 1 saturated heterocycles. The first-order valence-corrected chi connectivity index (χ1v) is 5.22. The summed E-state index contributed by atoms with van der Waals surface area (Å²) in [7, 11) is 0. The van der Waals surface area contributed by atoms with Crippen molar-refractivity contribution in [1.82, 2.24) is 9.78 Å². The van der Waals surface area contributed by atoms with Crippen LogP contribution in [-0.2, 0) is 11.2 Å². The average molecular weight is 195 g/mol. The summed E-state index contributed by atoms with van der Waals surface area (Å²) in [6, 6.07) is 0.482. The average Bonchev–Trinajstić information content (AvgIpc) is 2.61. The Labute approximate surface area is 84.0 Å². The lowest BCUT2D eigenvalue weighted by Gasteiger charge is -2.24. The van der Waals surface area contributed by atoms with Crippen molar-refractivity contribution in [3.8, 4) is 0 Å². The van der Waals surface area contributed by atoms with Gasteiger partial charge in [-0.05, 0) is 19.3 Å². The molecule has 1 aliphatic rings. The Morgan fingerprint density at radius 2 is 2.29 bits per heavy atom. The van der Waals surface area contributed by atoms with Crippen molar-refractivity contribution in [2.75, 3.05) is 18.9 Å². The van der Waals surface area contributed by atoms with Gasteiger partial charge in [-0.1, -0.05) is 6.92 Å². The van der Waals surface area contributed by atoms with Crippen LogP contribution in [0.5, 0.6) is 0 Å². The van der Waals surface area contributed by atoms with E-state index in [4.69, 9.17) is 10.5 Å². The lowest BCUT2D eigenvalue weighted by Crippen LogP contribution is -2.22. The van der Waals surface area contributed by atoms with Gasteiger partial charge in [-0.25, -0.2) is 0 Å². The Bertz CT molecular complexity index is 302. The molecule has 0 aromatic carbocycles. The van der Waals surface area contributed by atoms with Crippen molar-refractivity contribution in [3.05, 3.63) is 11.9 Å². The second kappa shape index (κ2) is 4.00. The van der Waals surface area contributed by atoms with E-state index in [0.717, 1.165) is 43.9 Å². The van der Waals surface area contributed by atoms with Crippen molar-refractivity contribution in [1.29, 1.82) is 0 Å². The van der Waals surface area contributed by atoms with Crippen molar-refractivity contribution in [2.45, 2.75) is 32.2 Å². The molecule has 0 amide bonds. The molecule has 0 bridgehead atoms. The first-order valence-electron chi connectivity index (χ1n) is 5.22. The van der Waals surface area contributed by atoms with E-state index in [-0.39, 0.29) is 0 Å². The van der Waals surface area contributed by atoms with Gasteiger partial charge in [-0.15, -0.1) is 0 Å². The van der Waals surface area contributed by atoms with Crippen LogP contribution >= 0.6 is 0 Å². The van der Waals surface area contributed by atoms with Gasteiger partial charge in [-0.2, -0.15) is 5.10 Å². The molecule has 2 rings (SSSR count). The number of aromatic nitrogens is 2. The minimum absolute atomic E-state index is 0.482. The van der Waals surface area contributed by atoms with Crippen LogP contribution < -0.4 is 5.73 Å². The van der Waals surface area contributed by atoms with Crippen molar-refractivity contribution >= 4 is 5.69 Å². The van der Waals surface area contributed by atoms with Crippen LogP contribution in [0, 0.1) is 0 Å². The third kappa shape index (κ3) is 1.62. The molecule has 0 aliphatic carbocycles. The second-order valence-corrected chi connectivity index (χ2v) is 3.69. The summed E-state index contributed by atoms with van der Waals surface area (Å²) in [6.07, 6.45) is 4.81. The van der Waals surface area contributed by atoms with Gasteiger partial charge in [0, 0.05) is 13.2 Å².